The van der Waals surface area contributed by atoms with Gasteiger partial charge in [-0.25, -0.2) is 0 Å². The van der Waals surface area contributed by atoms with Crippen molar-refractivity contribution in [2.45, 2.75) is 19.3 Å². The summed E-state index contributed by atoms with van der Waals surface area (Å²) in [7, 11) is 0. The summed E-state index contributed by atoms with van der Waals surface area (Å²) in [6.07, 6.45) is 7.49. The zero-order chi connectivity index (χ0) is 11.1. The van der Waals surface area contributed by atoms with Crippen LogP contribution in [0, 0.1) is 5.92 Å². The van der Waals surface area contributed by atoms with Gasteiger partial charge in [-0.1, -0.05) is 0 Å². The number of pyridine rings is 1. The van der Waals surface area contributed by atoms with E-state index in [-0.39, 0.29) is 0 Å². The standard InChI is InChI=1S/C13H21N3/c1-6-14-7-2-12(1)3-8-15-9-4-13-5-10-16-11-13/h1-2,6-7,13,15-16H,3-5,8-11H2. The van der Waals surface area contributed by atoms with Crippen LogP contribution in [0.1, 0.15) is 18.4 Å². The summed E-state index contributed by atoms with van der Waals surface area (Å²) >= 11 is 0. The van der Waals surface area contributed by atoms with Crippen molar-refractivity contribution in [2.24, 2.45) is 5.92 Å². The lowest BCUT2D eigenvalue weighted by molar-refractivity contribution is 0.501. The number of aromatic nitrogens is 1. The molecule has 2 heterocycles. The Bertz CT molecular complexity index is 280. The third kappa shape index (κ3) is 3.91. The number of rotatable bonds is 6. The second kappa shape index (κ2) is 6.61. The number of nitrogens with zero attached hydrogens (tertiary/aromatic N) is 1. The zero-order valence-corrected chi connectivity index (χ0v) is 9.78. The first-order valence-electron chi connectivity index (χ1n) is 6.25. The van der Waals surface area contributed by atoms with Crippen molar-refractivity contribution in [2.75, 3.05) is 26.2 Å². The first-order valence-corrected chi connectivity index (χ1v) is 6.25. The molecule has 2 rings (SSSR count). The van der Waals surface area contributed by atoms with Gasteiger partial charge in [0, 0.05) is 12.4 Å². The molecule has 3 nitrogen and oxygen atoms in total. The van der Waals surface area contributed by atoms with Crippen molar-refractivity contribution in [3.05, 3.63) is 30.1 Å². The van der Waals surface area contributed by atoms with Crippen molar-refractivity contribution in [3.8, 4) is 0 Å². The molecule has 1 aliphatic heterocycles. The Morgan fingerprint density at radius 1 is 1.31 bits per heavy atom. The molecular formula is C13H21N3. The summed E-state index contributed by atoms with van der Waals surface area (Å²) in [5.41, 5.74) is 1.37. The van der Waals surface area contributed by atoms with Crippen LogP contribution in [-0.4, -0.2) is 31.2 Å². The third-order valence-corrected chi connectivity index (χ3v) is 3.23. The van der Waals surface area contributed by atoms with Crippen LogP contribution in [0.25, 0.3) is 0 Å². The molecule has 1 fully saturated rings. The Morgan fingerprint density at radius 3 is 2.94 bits per heavy atom. The molecule has 1 aliphatic rings. The lowest BCUT2D eigenvalue weighted by Gasteiger charge is -2.09. The maximum absolute atomic E-state index is 4.01. The van der Waals surface area contributed by atoms with E-state index in [9.17, 15) is 0 Å². The van der Waals surface area contributed by atoms with Crippen molar-refractivity contribution < 1.29 is 0 Å². The largest absolute Gasteiger partial charge is 0.316 e. The molecular weight excluding hydrogens is 198 g/mol. The van der Waals surface area contributed by atoms with Gasteiger partial charge in [0.2, 0.25) is 0 Å². The number of hydrogen-bond donors (Lipinski definition) is 2. The van der Waals surface area contributed by atoms with E-state index in [2.05, 4.69) is 27.8 Å². The third-order valence-electron chi connectivity index (χ3n) is 3.23. The average Bonchev–Trinajstić information content (AvgIpc) is 2.83. The summed E-state index contributed by atoms with van der Waals surface area (Å²) < 4.78 is 0. The number of nitrogens with one attached hydrogen (secondary N) is 2. The van der Waals surface area contributed by atoms with Crippen LogP contribution in [-0.2, 0) is 6.42 Å². The predicted octanol–water partition coefficient (Wildman–Crippen LogP) is 1.21. The van der Waals surface area contributed by atoms with Gasteiger partial charge in [0.15, 0.2) is 0 Å². The maximum atomic E-state index is 4.01. The Kier molecular flexibility index (Phi) is 4.77. The highest BCUT2D eigenvalue weighted by molar-refractivity contribution is 5.09. The van der Waals surface area contributed by atoms with Gasteiger partial charge in [0.25, 0.3) is 0 Å². The Hall–Kier alpha value is -0.930. The summed E-state index contributed by atoms with van der Waals surface area (Å²) in [5.74, 6) is 0.897. The monoisotopic (exact) mass is 219 g/mol. The molecule has 0 aromatic carbocycles. The minimum atomic E-state index is 0.897. The molecule has 0 amide bonds. The fourth-order valence-corrected chi connectivity index (χ4v) is 2.17. The van der Waals surface area contributed by atoms with E-state index in [1.54, 1.807) is 0 Å². The molecule has 1 aromatic rings. The van der Waals surface area contributed by atoms with Gasteiger partial charge < -0.3 is 10.6 Å². The van der Waals surface area contributed by atoms with Crippen molar-refractivity contribution in [1.82, 2.24) is 15.6 Å². The first-order chi connectivity index (χ1) is 7.95. The number of hydrogen-bond acceptors (Lipinski definition) is 3. The topological polar surface area (TPSA) is 37.0 Å². The van der Waals surface area contributed by atoms with Crippen molar-refractivity contribution >= 4 is 0 Å². The fraction of sp³-hybridized carbons (Fsp3) is 0.615. The molecule has 0 saturated carbocycles. The highest BCUT2D eigenvalue weighted by Gasteiger charge is 2.12. The Balaban J connectivity index is 1.52. The molecule has 0 bridgehead atoms. The molecule has 1 atom stereocenters. The fourth-order valence-electron chi connectivity index (χ4n) is 2.17. The summed E-state index contributed by atoms with van der Waals surface area (Å²) in [5, 5.41) is 6.92. The minimum Gasteiger partial charge on any atom is -0.316 e. The van der Waals surface area contributed by atoms with Gasteiger partial charge in [-0.05, 0) is 69.1 Å². The summed E-state index contributed by atoms with van der Waals surface area (Å²) in [4.78, 5) is 4.01. The van der Waals surface area contributed by atoms with Crippen LogP contribution < -0.4 is 10.6 Å². The normalized spacial score (nSPS) is 20.1. The lowest BCUT2D eigenvalue weighted by atomic mass is 10.1. The quantitative estimate of drug-likeness (QED) is 0.706. The zero-order valence-electron chi connectivity index (χ0n) is 9.78. The van der Waals surface area contributed by atoms with E-state index in [1.807, 2.05) is 12.4 Å². The second-order valence-corrected chi connectivity index (χ2v) is 4.50. The maximum Gasteiger partial charge on any atom is 0.0270 e. The predicted molar refractivity (Wildman–Crippen MR) is 66.4 cm³/mol. The molecule has 1 aromatic heterocycles. The van der Waals surface area contributed by atoms with E-state index in [0.717, 1.165) is 25.4 Å². The molecule has 1 unspecified atom stereocenters. The summed E-state index contributed by atoms with van der Waals surface area (Å²) in [6.45, 7) is 4.65. The van der Waals surface area contributed by atoms with E-state index in [4.69, 9.17) is 0 Å². The average molecular weight is 219 g/mol. The molecule has 0 radical (unpaired) electrons. The van der Waals surface area contributed by atoms with E-state index < -0.39 is 0 Å². The molecule has 3 heteroatoms. The molecule has 0 aliphatic carbocycles. The lowest BCUT2D eigenvalue weighted by Crippen LogP contribution is -2.21. The van der Waals surface area contributed by atoms with Gasteiger partial charge in [-0.15, -0.1) is 0 Å². The van der Waals surface area contributed by atoms with E-state index >= 15 is 0 Å². The molecule has 2 N–H and O–H groups in total. The highest BCUT2D eigenvalue weighted by Crippen LogP contribution is 2.10. The van der Waals surface area contributed by atoms with Gasteiger partial charge >= 0.3 is 0 Å². The molecule has 88 valence electrons. The first kappa shape index (κ1) is 11.6. The van der Waals surface area contributed by atoms with Crippen LogP contribution in [0.15, 0.2) is 24.5 Å². The molecule has 16 heavy (non-hydrogen) atoms. The van der Waals surface area contributed by atoms with Crippen LogP contribution in [0.2, 0.25) is 0 Å². The molecule has 1 saturated heterocycles. The van der Waals surface area contributed by atoms with Crippen LogP contribution in [0.3, 0.4) is 0 Å². The second-order valence-electron chi connectivity index (χ2n) is 4.50. The smallest absolute Gasteiger partial charge is 0.0270 e. The van der Waals surface area contributed by atoms with Crippen LogP contribution in [0.4, 0.5) is 0 Å². The van der Waals surface area contributed by atoms with E-state index in [0.29, 0.717) is 0 Å². The van der Waals surface area contributed by atoms with Gasteiger partial charge in [0.1, 0.15) is 0 Å². The van der Waals surface area contributed by atoms with Crippen molar-refractivity contribution in [1.29, 1.82) is 0 Å². The van der Waals surface area contributed by atoms with Crippen molar-refractivity contribution in [3.63, 3.8) is 0 Å². The van der Waals surface area contributed by atoms with Gasteiger partial charge in [0.05, 0.1) is 0 Å². The van der Waals surface area contributed by atoms with E-state index in [1.165, 1.54) is 31.5 Å². The van der Waals surface area contributed by atoms with Crippen LogP contribution in [0.5, 0.6) is 0 Å². The van der Waals surface area contributed by atoms with Gasteiger partial charge in [-0.2, -0.15) is 0 Å². The minimum absolute atomic E-state index is 0.897. The van der Waals surface area contributed by atoms with Gasteiger partial charge in [-0.3, -0.25) is 4.98 Å². The summed E-state index contributed by atoms with van der Waals surface area (Å²) in [6, 6.07) is 4.17. The molecule has 0 spiro atoms. The Morgan fingerprint density at radius 2 is 2.19 bits per heavy atom. The van der Waals surface area contributed by atoms with Crippen LogP contribution >= 0.6 is 0 Å². The SMILES string of the molecule is c1cc(CCNCCC2CCNC2)ccn1. The Labute approximate surface area is 97.7 Å². The highest BCUT2D eigenvalue weighted by atomic mass is 14.9.